The maximum Gasteiger partial charge on any atom is 0.419 e. The van der Waals surface area contributed by atoms with Gasteiger partial charge in [0.25, 0.3) is 10.0 Å². The number of rotatable bonds is 5. The average molecular weight is 348 g/mol. The van der Waals surface area contributed by atoms with Gasteiger partial charge in [0, 0.05) is 18.3 Å². The zero-order valence-electron chi connectivity index (χ0n) is 13.1. The van der Waals surface area contributed by atoms with Crippen molar-refractivity contribution in [2.75, 3.05) is 11.8 Å². The minimum Gasteiger partial charge on any atom is -0.497 e. The van der Waals surface area contributed by atoms with E-state index >= 15 is 0 Å². The largest absolute Gasteiger partial charge is 0.497 e. The van der Waals surface area contributed by atoms with Crippen LogP contribution in [0.4, 0.5) is 5.69 Å². The first-order valence-corrected chi connectivity index (χ1v) is 8.73. The summed E-state index contributed by atoms with van der Waals surface area (Å²) >= 11 is 0. The highest BCUT2D eigenvalue weighted by Gasteiger charge is 2.17. The number of hydrogen-bond donors (Lipinski definition) is 1. The second-order valence-electron chi connectivity index (χ2n) is 5.08. The van der Waals surface area contributed by atoms with Crippen molar-refractivity contribution in [1.82, 2.24) is 4.57 Å². The zero-order chi connectivity index (χ0) is 17.3. The SMILES string of the molecule is CCn1c(=O)oc2cc(S(=O)(=O)Nc3ccc(OC)cc3)ccc21. The van der Waals surface area contributed by atoms with Crippen molar-refractivity contribution in [2.24, 2.45) is 0 Å². The minimum atomic E-state index is -3.80. The van der Waals surface area contributed by atoms with Crippen LogP contribution in [0.5, 0.6) is 5.75 Å². The Morgan fingerprint density at radius 2 is 1.88 bits per heavy atom. The molecule has 0 aliphatic rings. The molecule has 1 N–H and O–H groups in total. The lowest BCUT2D eigenvalue weighted by molar-refractivity contribution is 0.415. The van der Waals surface area contributed by atoms with E-state index in [0.717, 1.165) is 0 Å². The van der Waals surface area contributed by atoms with Gasteiger partial charge in [0.15, 0.2) is 5.58 Å². The molecular formula is C16H16N2O5S. The van der Waals surface area contributed by atoms with Crippen LogP contribution in [0, 0.1) is 0 Å². The number of sulfonamides is 1. The normalized spacial score (nSPS) is 11.6. The molecule has 0 amide bonds. The van der Waals surface area contributed by atoms with E-state index in [4.69, 9.17) is 9.15 Å². The molecule has 0 fully saturated rings. The molecule has 0 spiro atoms. The smallest absolute Gasteiger partial charge is 0.419 e. The lowest BCUT2D eigenvalue weighted by atomic mass is 10.3. The van der Waals surface area contributed by atoms with E-state index in [-0.39, 0.29) is 10.5 Å². The first-order chi connectivity index (χ1) is 11.4. The Kier molecular flexibility index (Phi) is 4.06. The van der Waals surface area contributed by atoms with Crippen molar-refractivity contribution in [3.8, 4) is 5.75 Å². The molecule has 0 unspecified atom stereocenters. The average Bonchev–Trinajstić information content (AvgIpc) is 2.89. The Morgan fingerprint density at radius 3 is 2.50 bits per heavy atom. The summed E-state index contributed by atoms with van der Waals surface area (Å²) in [5, 5.41) is 0. The number of benzene rings is 2. The molecular weight excluding hydrogens is 332 g/mol. The number of oxazole rings is 1. The van der Waals surface area contributed by atoms with E-state index < -0.39 is 15.8 Å². The molecule has 1 aromatic heterocycles. The lowest BCUT2D eigenvalue weighted by Gasteiger charge is -2.08. The van der Waals surface area contributed by atoms with Gasteiger partial charge in [-0.3, -0.25) is 9.29 Å². The van der Waals surface area contributed by atoms with Crippen LogP contribution in [0.2, 0.25) is 0 Å². The van der Waals surface area contributed by atoms with Crippen molar-refractivity contribution in [2.45, 2.75) is 18.4 Å². The van der Waals surface area contributed by atoms with Crippen LogP contribution in [0.15, 0.2) is 56.6 Å². The predicted octanol–water partition coefficient (Wildman–Crippen LogP) is 2.42. The van der Waals surface area contributed by atoms with Crippen LogP contribution in [-0.4, -0.2) is 20.1 Å². The van der Waals surface area contributed by atoms with Crippen LogP contribution in [0.3, 0.4) is 0 Å². The quantitative estimate of drug-likeness (QED) is 0.765. The van der Waals surface area contributed by atoms with Gasteiger partial charge in [-0.2, -0.15) is 0 Å². The van der Waals surface area contributed by atoms with E-state index in [9.17, 15) is 13.2 Å². The number of methoxy groups -OCH3 is 1. The maximum atomic E-state index is 12.5. The van der Waals surface area contributed by atoms with Crippen LogP contribution < -0.4 is 15.2 Å². The molecule has 0 saturated heterocycles. The van der Waals surface area contributed by atoms with Gasteiger partial charge < -0.3 is 9.15 Å². The Labute approximate surface area is 138 Å². The Bertz CT molecular complexity index is 1030. The fourth-order valence-electron chi connectivity index (χ4n) is 2.39. The first kappa shape index (κ1) is 16.1. The number of anilines is 1. The molecule has 3 aromatic rings. The van der Waals surface area contributed by atoms with E-state index in [0.29, 0.717) is 23.5 Å². The van der Waals surface area contributed by atoms with Gasteiger partial charge in [0.2, 0.25) is 0 Å². The zero-order valence-corrected chi connectivity index (χ0v) is 14.0. The standard InChI is InChI=1S/C16H16N2O5S/c1-3-18-14-9-8-13(10-15(14)23-16(18)19)24(20,21)17-11-4-6-12(22-2)7-5-11/h4-10,17H,3H2,1-2H3. The van der Waals surface area contributed by atoms with Gasteiger partial charge in [0.05, 0.1) is 17.5 Å². The molecule has 8 heteroatoms. The summed E-state index contributed by atoms with van der Waals surface area (Å²) < 4.78 is 39.0. The third-order valence-corrected chi connectivity index (χ3v) is 4.99. The second-order valence-corrected chi connectivity index (χ2v) is 6.76. The molecule has 126 valence electrons. The third kappa shape index (κ3) is 2.88. The summed E-state index contributed by atoms with van der Waals surface area (Å²) in [5.74, 6) is 0.118. The van der Waals surface area contributed by atoms with Crippen LogP contribution in [0.1, 0.15) is 6.92 Å². The number of fused-ring (bicyclic) bond motifs is 1. The second kappa shape index (κ2) is 6.04. The van der Waals surface area contributed by atoms with Gasteiger partial charge in [-0.15, -0.1) is 0 Å². The van der Waals surface area contributed by atoms with Crippen molar-refractivity contribution >= 4 is 26.8 Å². The highest BCUT2D eigenvalue weighted by Crippen LogP contribution is 2.22. The summed E-state index contributed by atoms with van der Waals surface area (Å²) in [6, 6.07) is 10.9. The molecule has 0 atom stereocenters. The van der Waals surface area contributed by atoms with E-state index in [2.05, 4.69) is 4.72 Å². The number of ether oxygens (including phenoxy) is 1. The Hall–Kier alpha value is -2.74. The van der Waals surface area contributed by atoms with Gasteiger partial charge in [-0.25, -0.2) is 13.2 Å². The van der Waals surface area contributed by atoms with Crippen molar-refractivity contribution < 1.29 is 17.6 Å². The highest BCUT2D eigenvalue weighted by molar-refractivity contribution is 7.92. The molecule has 0 radical (unpaired) electrons. The molecule has 0 aliphatic carbocycles. The number of aromatic nitrogens is 1. The van der Waals surface area contributed by atoms with Crippen molar-refractivity contribution in [1.29, 1.82) is 0 Å². The lowest BCUT2D eigenvalue weighted by Crippen LogP contribution is -2.13. The van der Waals surface area contributed by atoms with Crippen LogP contribution in [0.25, 0.3) is 11.1 Å². The molecule has 3 rings (SSSR count). The molecule has 0 saturated carbocycles. The number of nitrogens with zero attached hydrogens (tertiary/aromatic N) is 1. The van der Waals surface area contributed by atoms with Crippen molar-refractivity contribution in [3.63, 3.8) is 0 Å². The molecule has 24 heavy (non-hydrogen) atoms. The summed E-state index contributed by atoms with van der Waals surface area (Å²) in [6.07, 6.45) is 0. The summed E-state index contributed by atoms with van der Waals surface area (Å²) in [7, 11) is -2.26. The minimum absolute atomic E-state index is 0.0165. The maximum absolute atomic E-state index is 12.5. The molecule has 2 aromatic carbocycles. The third-order valence-electron chi connectivity index (χ3n) is 3.61. The Balaban J connectivity index is 1.96. The molecule has 0 bridgehead atoms. The van der Waals surface area contributed by atoms with Gasteiger partial charge >= 0.3 is 5.76 Å². The highest BCUT2D eigenvalue weighted by atomic mass is 32.2. The van der Waals surface area contributed by atoms with Crippen LogP contribution >= 0.6 is 0 Å². The van der Waals surface area contributed by atoms with Gasteiger partial charge in [-0.1, -0.05) is 0 Å². The topological polar surface area (TPSA) is 90.5 Å². The summed E-state index contributed by atoms with van der Waals surface area (Å²) in [4.78, 5) is 11.7. The molecule has 7 nitrogen and oxygen atoms in total. The predicted molar refractivity (Wildman–Crippen MR) is 90.0 cm³/mol. The summed E-state index contributed by atoms with van der Waals surface area (Å²) in [6.45, 7) is 2.26. The fourth-order valence-corrected chi connectivity index (χ4v) is 3.46. The fraction of sp³-hybridized carbons (Fsp3) is 0.188. The Morgan fingerprint density at radius 1 is 1.17 bits per heavy atom. The first-order valence-electron chi connectivity index (χ1n) is 7.25. The van der Waals surface area contributed by atoms with E-state index in [1.807, 2.05) is 6.92 Å². The molecule has 0 aliphatic heterocycles. The molecule has 1 heterocycles. The van der Waals surface area contributed by atoms with Crippen molar-refractivity contribution in [3.05, 3.63) is 53.0 Å². The summed E-state index contributed by atoms with van der Waals surface area (Å²) in [5.41, 5.74) is 1.20. The van der Waals surface area contributed by atoms with Crippen LogP contribution in [-0.2, 0) is 16.6 Å². The number of nitrogens with one attached hydrogen (secondary N) is 1. The number of hydrogen-bond acceptors (Lipinski definition) is 5. The van der Waals surface area contributed by atoms with E-state index in [1.54, 1.807) is 30.3 Å². The van der Waals surface area contributed by atoms with E-state index in [1.165, 1.54) is 23.8 Å². The van der Waals surface area contributed by atoms with Gasteiger partial charge in [-0.05, 0) is 43.3 Å². The van der Waals surface area contributed by atoms with Gasteiger partial charge in [0.1, 0.15) is 5.75 Å². The monoisotopic (exact) mass is 348 g/mol. The number of aryl methyl sites for hydroxylation is 1.